The molecule has 1 saturated heterocycles. The normalized spacial score (nSPS) is 18.7. The van der Waals surface area contributed by atoms with Crippen molar-refractivity contribution < 1.29 is 13.2 Å². The second-order valence-electron chi connectivity index (χ2n) is 8.61. The Labute approximate surface area is 176 Å². The van der Waals surface area contributed by atoms with Crippen LogP contribution in [0.25, 0.3) is 0 Å². The van der Waals surface area contributed by atoms with Gasteiger partial charge in [0.2, 0.25) is 10.0 Å². The molecule has 1 aliphatic heterocycles. The zero-order valence-corrected chi connectivity index (χ0v) is 18.0. The summed E-state index contributed by atoms with van der Waals surface area (Å²) in [6, 6.07) is 1.64. The summed E-state index contributed by atoms with van der Waals surface area (Å²) in [7, 11) is -1.81. The van der Waals surface area contributed by atoms with Crippen molar-refractivity contribution in [2.45, 2.75) is 50.3 Å². The first-order valence-corrected chi connectivity index (χ1v) is 12.1. The van der Waals surface area contributed by atoms with Crippen LogP contribution in [0.3, 0.4) is 0 Å². The van der Waals surface area contributed by atoms with Crippen molar-refractivity contribution in [2.24, 2.45) is 7.05 Å². The molecule has 9 heteroatoms. The van der Waals surface area contributed by atoms with Crippen LogP contribution >= 0.6 is 0 Å². The van der Waals surface area contributed by atoms with Crippen LogP contribution in [-0.4, -0.2) is 47.2 Å². The fraction of sp³-hybridized carbons (Fsp3) is 0.524. The lowest BCUT2D eigenvalue weighted by Gasteiger charge is -2.38. The van der Waals surface area contributed by atoms with Gasteiger partial charge < -0.3 is 9.88 Å². The largest absolute Gasteiger partial charge is 0.337 e. The van der Waals surface area contributed by atoms with Crippen LogP contribution in [0, 0.1) is 0 Å². The highest BCUT2D eigenvalue weighted by Gasteiger charge is 2.38. The summed E-state index contributed by atoms with van der Waals surface area (Å²) in [6.45, 7) is 1.39. The maximum atomic E-state index is 12.7. The lowest BCUT2D eigenvalue weighted by molar-refractivity contribution is 0.169. The number of fused-ring (bicyclic) bond motifs is 2. The number of carbonyl (C=O) groups is 1. The van der Waals surface area contributed by atoms with Crippen molar-refractivity contribution in [1.82, 2.24) is 19.2 Å². The number of aromatic nitrogens is 2. The zero-order chi connectivity index (χ0) is 20.9. The molecule has 0 atom stereocenters. The number of likely N-dealkylation sites (tertiary alicyclic amines) is 1. The third-order valence-electron chi connectivity index (χ3n) is 6.60. The van der Waals surface area contributed by atoms with Crippen LogP contribution in [0.15, 0.2) is 18.5 Å². The van der Waals surface area contributed by atoms with E-state index in [-0.39, 0.29) is 0 Å². The Bertz CT molecular complexity index is 1070. The maximum absolute atomic E-state index is 12.7. The van der Waals surface area contributed by atoms with Crippen molar-refractivity contribution in [1.29, 1.82) is 0 Å². The Hall–Kier alpha value is -2.39. The fourth-order valence-corrected chi connectivity index (χ4v) is 6.21. The molecule has 5 rings (SSSR count). The first-order valence-electron chi connectivity index (χ1n) is 10.6. The fourth-order valence-electron chi connectivity index (χ4n) is 4.92. The van der Waals surface area contributed by atoms with Crippen LogP contribution in [0.4, 0.5) is 10.5 Å². The molecular formula is C21H27N5O3S. The van der Waals surface area contributed by atoms with Crippen LogP contribution in [0.5, 0.6) is 0 Å². The number of sulfonamides is 1. The SMILES string of the molecule is Cn1ccnc1CN1CC(S(=O)(=O)NC(=O)Nc2c3c(cc4c2CCC4)CCC3)C1. The van der Waals surface area contributed by atoms with Gasteiger partial charge in [0.15, 0.2) is 0 Å². The molecule has 0 bridgehead atoms. The molecule has 2 aromatic rings. The van der Waals surface area contributed by atoms with Gasteiger partial charge in [0, 0.05) is 38.2 Å². The van der Waals surface area contributed by atoms with E-state index in [1.54, 1.807) is 6.20 Å². The number of aryl methyl sites for hydroxylation is 3. The molecule has 1 aromatic carbocycles. The first kappa shape index (κ1) is 19.6. The minimum Gasteiger partial charge on any atom is -0.337 e. The first-order chi connectivity index (χ1) is 14.4. The summed E-state index contributed by atoms with van der Waals surface area (Å²) in [4.78, 5) is 18.9. The Balaban J connectivity index is 1.23. The monoisotopic (exact) mass is 429 g/mol. The molecule has 3 aliphatic rings. The summed E-state index contributed by atoms with van der Waals surface area (Å²) in [6.07, 6.45) is 9.71. The lowest BCUT2D eigenvalue weighted by Crippen LogP contribution is -2.58. The van der Waals surface area contributed by atoms with Gasteiger partial charge >= 0.3 is 6.03 Å². The minimum atomic E-state index is -3.72. The van der Waals surface area contributed by atoms with Crippen molar-refractivity contribution in [2.75, 3.05) is 18.4 Å². The molecule has 0 saturated carbocycles. The van der Waals surface area contributed by atoms with Gasteiger partial charge in [0.05, 0.1) is 6.54 Å². The second-order valence-corrected chi connectivity index (χ2v) is 10.6. The average Bonchev–Trinajstić information content (AvgIpc) is 3.37. The summed E-state index contributed by atoms with van der Waals surface area (Å²) in [5, 5.41) is 2.31. The predicted octanol–water partition coefficient (Wildman–Crippen LogP) is 1.73. The topological polar surface area (TPSA) is 96.3 Å². The summed E-state index contributed by atoms with van der Waals surface area (Å²) < 4.78 is 29.5. The van der Waals surface area contributed by atoms with E-state index in [0.717, 1.165) is 50.0 Å². The van der Waals surface area contributed by atoms with Crippen LogP contribution in [0.1, 0.15) is 40.9 Å². The van der Waals surface area contributed by atoms with Gasteiger partial charge in [0.1, 0.15) is 11.1 Å². The molecule has 1 aromatic heterocycles. The molecule has 2 amide bonds. The number of amides is 2. The smallest absolute Gasteiger partial charge is 0.332 e. The van der Waals surface area contributed by atoms with E-state index in [9.17, 15) is 13.2 Å². The number of urea groups is 1. The molecule has 160 valence electrons. The van der Waals surface area contributed by atoms with E-state index in [1.165, 1.54) is 22.3 Å². The van der Waals surface area contributed by atoms with E-state index in [2.05, 4.69) is 21.1 Å². The van der Waals surface area contributed by atoms with Gasteiger partial charge in [-0.2, -0.15) is 0 Å². The molecule has 8 nitrogen and oxygen atoms in total. The lowest BCUT2D eigenvalue weighted by atomic mass is 9.99. The van der Waals surface area contributed by atoms with Gasteiger partial charge in [-0.15, -0.1) is 0 Å². The summed E-state index contributed by atoms with van der Waals surface area (Å²) in [5.74, 6) is 0.892. The Morgan fingerprint density at radius 2 is 1.80 bits per heavy atom. The molecule has 2 heterocycles. The number of carbonyl (C=O) groups excluding carboxylic acids is 1. The number of nitrogens with zero attached hydrogens (tertiary/aromatic N) is 3. The van der Waals surface area contributed by atoms with E-state index >= 15 is 0 Å². The molecule has 1 fully saturated rings. The molecule has 0 spiro atoms. The van der Waals surface area contributed by atoms with Crippen molar-refractivity contribution in [3.05, 3.63) is 46.5 Å². The van der Waals surface area contributed by atoms with E-state index in [0.29, 0.717) is 19.6 Å². The van der Waals surface area contributed by atoms with Crippen LogP contribution in [0.2, 0.25) is 0 Å². The Morgan fingerprint density at radius 1 is 1.13 bits per heavy atom. The highest BCUT2D eigenvalue weighted by molar-refractivity contribution is 7.90. The second kappa shape index (κ2) is 7.39. The number of rotatable bonds is 5. The van der Waals surface area contributed by atoms with Gasteiger partial charge in [-0.1, -0.05) is 6.07 Å². The van der Waals surface area contributed by atoms with Gasteiger partial charge in [-0.25, -0.2) is 22.9 Å². The number of nitrogens with one attached hydrogen (secondary N) is 2. The number of benzene rings is 1. The van der Waals surface area contributed by atoms with Crippen molar-refractivity contribution in [3.63, 3.8) is 0 Å². The van der Waals surface area contributed by atoms with Gasteiger partial charge in [0.25, 0.3) is 0 Å². The van der Waals surface area contributed by atoms with Crippen molar-refractivity contribution in [3.8, 4) is 0 Å². The maximum Gasteiger partial charge on any atom is 0.332 e. The Morgan fingerprint density at radius 3 is 2.40 bits per heavy atom. The third kappa shape index (κ3) is 3.50. The summed E-state index contributed by atoms with van der Waals surface area (Å²) >= 11 is 0. The van der Waals surface area contributed by atoms with Gasteiger partial charge in [-0.05, 0) is 60.8 Å². The van der Waals surface area contributed by atoms with E-state index in [1.807, 2.05) is 22.7 Å². The average molecular weight is 430 g/mol. The highest BCUT2D eigenvalue weighted by atomic mass is 32.2. The highest BCUT2D eigenvalue weighted by Crippen LogP contribution is 2.38. The molecule has 2 aliphatic carbocycles. The van der Waals surface area contributed by atoms with E-state index < -0.39 is 21.3 Å². The molecular weight excluding hydrogens is 402 g/mol. The molecule has 2 N–H and O–H groups in total. The number of imidazole rings is 1. The summed E-state index contributed by atoms with van der Waals surface area (Å²) in [5.41, 5.74) is 5.84. The number of anilines is 1. The van der Waals surface area contributed by atoms with Crippen LogP contribution < -0.4 is 10.0 Å². The minimum absolute atomic E-state index is 0.394. The standard InChI is InChI=1S/C21H27N5O3S/c1-25-9-8-22-19(25)13-26-11-16(12-26)30(28,29)24-21(27)23-20-17-6-2-4-14(17)10-15-5-3-7-18(15)20/h8-10,16H,2-7,11-13H2,1H3,(H2,23,24,27). The predicted molar refractivity (Wildman–Crippen MR) is 114 cm³/mol. The van der Waals surface area contributed by atoms with E-state index in [4.69, 9.17) is 0 Å². The third-order valence-corrected chi connectivity index (χ3v) is 8.24. The van der Waals surface area contributed by atoms with Gasteiger partial charge in [-0.3, -0.25) is 4.90 Å². The van der Waals surface area contributed by atoms with Crippen LogP contribution in [-0.2, 0) is 49.3 Å². The molecule has 30 heavy (non-hydrogen) atoms. The number of hydrogen-bond acceptors (Lipinski definition) is 5. The quantitative estimate of drug-likeness (QED) is 0.755. The Kier molecular flexibility index (Phi) is 4.82. The number of hydrogen-bond donors (Lipinski definition) is 2. The molecule has 0 unspecified atom stereocenters. The molecule has 0 radical (unpaired) electrons. The zero-order valence-electron chi connectivity index (χ0n) is 17.1. The van der Waals surface area contributed by atoms with Crippen molar-refractivity contribution >= 4 is 21.7 Å².